The number of carbonyl (C=O) groups is 1. The minimum absolute atomic E-state index is 0.214. The first-order chi connectivity index (χ1) is 11.8. The molecule has 0 radical (unpaired) electrons. The van der Waals surface area contributed by atoms with Crippen molar-refractivity contribution in [2.24, 2.45) is 0 Å². The van der Waals surface area contributed by atoms with E-state index in [1.165, 1.54) is 6.26 Å². The normalized spacial score (nSPS) is 12.3. The van der Waals surface area contributed by atoms with Gasteiger partial charge in [-0.3, -0.25) is 4.79 Å². The van der Waals surface area contributed by atoms with Crippen molar-refractivity contribution in [1.82, 2.24) is 15.5 Å². The number of nitrogens with one attached hydrogen (secondary N) is 1. The zero-order valence-corrected chi connectivity index (χ0v) is 12.5. The number of fused-ring (bicyclic) bond motifs is 1. The molecule has 0 aliphatic carbocycles. The number of carbonyl (C=O) groups excluding carboxylic acids is 1. The molecule has 24 heavy (non-hydrogen) atoms. The third-order valence-corrected chi connectivity index (χ3v) is 3.47. The van der Waals surface area contributed by atoms with Crippen LogP contribution in [0.4, 0.5) is 0 Å². The van der Waals surface area contributed by atoms with E-state index in [0.29, 0.717) is 36.2 Å². The number of amides is 1. The zero-order valence-electron chi connectivity index (χ0n) is 12.5. The van der Waals surface area contributed by atoms with E-state index in [4.69, 9.17) is 18.4 Å². The van der Waals surface area contributed by atoms with E-state index < -0.39 is 0 Å². The number of ether oxygens (including phenoxy) is 2. The second-order valence-electron chi connectivity index (χ2n) is 5.06. The molecule has 0 unspecified atom stereocenters. The third kappa shape index (κ3) is 2.81. The van der Waals surface area contributed by atoms with Gasteiger partial charge in [0.15, 0.2) is 17.3 Å². The van der Waals surface area contributed by atoms with Gasteiger partial charge < -0.3 is 23.7 Å². The van der Waals surface area contributed by atoms with Crippen molar-refractivity contribution < 1.29 is 23.2 Å². The molecule has 0 fully saturated rings. The number of hydrogen-bond donors (Lipinski definition) is 1. The maximum Gasteiger partial charge on any atom is 0.286 e. The molecular formula is C16H13N3O5. The Hall–Kier alpha value is -3.29. The van der Waals surface area contributed by atoms with Gasteiger partial charge in [-0.15, -0.1) is 0 Å². The average molecular weight is 327 g/mol. The molecule has 1 aromatic carbocycles. The molecule has 0 saturated heterocycles. The molecule has 3 heterocycles. The van der Waals surface area contributed by atoms with E-state index in [1.54, 1.807) is 24.3 Å². The highest BCUT2D eigenvalue weighted by molar-refractivity contribution is 5.91. The van der Waals surface area contributed by atoms with Crippen LogP contribution in [0.5, 0.6) is 11.5 Å². The molecule has 0 bridgehead atoms. The van der Waals surface area contributed by atoms with Crippen LogP contribution >= 0.6 is 0 Å². The molecule has 122 valence electrons. The Bertz CT molecular complexity index is 856. The molecule has 8 nitrogen and oxygen atoms in total. The van der Waals surface area contributed by atoms with Crippen molar-refractivity contribution in [2.45, 2.75) is 6.42 Å². The van der Waals surface area contributed by atoms with Gasteiger partial charge in [-0.25, -0.2) is 0 Å². The van der Waals surface area contributed by atoms with Crippen LogP contribution in [0.3, 0.4) is 0 Å². The van der Waals surface area contributed by atoms with Crippen molar-refractivity contribution in [1.29, 1.82) is 0 Å². The lowest BCUT2D eigenvalue weighted by Crippen LogP contribution is -2.25. The van der Waals surface area contributed by atoms with Crippen LogP contribution < -0.4 is 14.8 Å². The van der Waals surface area contributed by atoms with Gasteiger partial charge in [0.05, 0.1) is 6.26 Å². The lowest BCUT2D eigenvalue weighted by Gasteiger charge is -1.99. The van der Waals surface area contributed by atoms with Gasteiger partial charge in [0.25, 0.3) is 5.91 Å². The molecule has 8 heteroatoms. The Morgan fingerprint density at radius 2 is 2.12 bits per heavy atom. The number of nitrogens with zero attached hydrogens (tertiary/aromatic N) is 2. The summed E-state index contributed by atoms with van der Waals surface area (Å²) in [7, 11) is 0. The molecule has 1 aliphatic heterocycles. The van der Waals surface area contributed by atoms with Gasteiger partial charge in [0, 0.05) is 18.5 Å². The summed E-state index contributed by atoms with van der Waals surface area (Å²) in [4.78, 5) is 16.1. The minimum atomic E-state index is -0.282. The smallest absolute Gasteiger partial charge is 0.286 e. The number of furan rings is 1. The zero-order chi connectivity index (χ0) is 16.4. The third-order valence-electron chi connectivity index (χ3n) is 3.47. The predicted octanol–water partition coefficient (Wildman–Crippen LogP) is 2.03. The van der Waals surface area contributed by atoms with Crippen molar-refractivity contribution in [2.75, 3.05) is 13.3 Å². The van der Waals surface area contributed by atoms with E-state index in [2.05, 4.69) is 15.5 Å². The Morgan fingerprint density at radius 3 is 3.00 bits per heavy atom. The average Bonchev–Trinajstić information content (AvgIpc) is 3.34. The van der Waals surface area contributed by atoms with E-state index in [1.807, 2.05) is 6.07 Å². The van der Waals surface area contributed by atoms with Crippen LogP contribution in [0.25, 0.3) is 11.4 Å². The summed E-state index contributed by atoms with van der Waals surface area (Å²) in [5.41, 5.74) is 0.772. The van der Waals surface area contributed by atoms with Crippen molar-refractivity contribution in [3.05, 3.63) is 48.2 Å². The van der Waals surface area contributed by atoms with Gasteiger partial charge in [0.1, 0.15) is 0 Å². The molecule has 4 rings (SSSR count). The van der Waals surface area contributed by atoms with Crippen LogP contribution in [0.2, 0.25) is 0 Å². The van der Waals surface area contributed by atoms with Crippen molar-refractivity contribution in [3.63, 3.8) is 0 Å². The van der Waals surface area contributed by atoms with E-state index in [9.17, 15) is 4.79 Å². The topological polar surface area (TPSA) is 99.6 Å². The van der Waals surface area contributed by atoms with Crippen molar-refractivity contribution in [3.8, 4) is 22.9 Å². The number of hydrogen-bond acceptors (Lipinski definition) is 7. The maximum absolute atomic E-state index is 11.7. The van der Waals surface area contributed by atoms with Gasteiger partial charge in [-0.05, 0) is 30.3 Å². The highest BCUT2D eigenvalue weighted by Gasteiger charge is 2.16. The Labute approximate surface area is 136 Å². The summed E-state index contributed by atoms with van der Waals surface area (Å²) in [6, 6.07) is 8.69. The Kier molecular flexibility index (Phi) is 3.62. The number of benzene rings is 1. The second kappa shape index (κ2) is 6.07. The molecule has 1 N–H and O–H groups in total. The molecule has 1 amide bonds. The van der Waals surface area contributed by atoms with Gasteiger partial charge >= 0.3 is 0 Å². The first kappa shape index (κ1) is 14.3. The number of rotatable bonds is 5. The summed E-state index contributed by atoms with van der Waals surface area (Å²) in [5, 5.41) is 6.67. The fraction of sp³-hybridized carbons (Fsp3) is 0.188. The molecule has 0 spiro atoms. The first-order valence-corrected chi connectivity index (χ1v) is 7.34. The lowest BCUT2D eigenvalue weighted by atomic mass is 10.2. The Morgan fingerprint density at radius 1 is 1.21 bits per heavy atom. The van der Waals surface area contributed by atoms with Gasteiger partial charge in [-0.2, -0.15) is 4.98 Å². The van der Waals surface area contributed by atoms with Crippen LogP contribution in [0.1, 0.15) is 16.4 Å². The van der Waals surface area contributed by atoms with Crippen molar-refractivity contribution >= 4 is 5.91 Å². The van der Waals surface area contributed by atoms with Crippen LogP contribution in [0, 0.1) is 0 Å². The van der Waals surface area contributed by atoms with Crippen LogP contribution in [-0.2, 0) is 6.42 Å². The van der Waals surface area contributed by atoms with E-state index in [0.717, 1.165) is 5.56 Å². The summed E-state index contributed by atoms with van der Waals surface area (Å²) < 4.78 is 20.8. The minimum Gasteiger partial charge on any atom is -0.459 e. The summed E-state index contributed by atoms with van der Waals surface area (Å²) in [6.45, 7) is 0.577. The largest absolute Gasteiger partial charge is 0.459 e. The summed E-state index contributed by atoms with van der Waals surface area (Å²) >= 11 is 0. The number of aromatic nitrogens is 2. The maximum atomic E-state index is 11.7. The standard InChI is InChI=1S/C16H13N3O5/c20-16(12-2-1-7-21-12)17-6-5-14-18-15(19-24-14)10-3-4-11-13(8-10)23-9-22-11/h1-4,7-8H,5-6,9H2,(H,17,20). The highest BCUT2D eigenvalue weighted by atomic mass is 16.7. The quantitative estimate of drug-likeness (QED) is 0.765. The fourth-order valence-corrected chi connectivity index (χ4v) is 2.29. The molecule has 2 aromatic heterocycles. The summed E-state index contributed by atoms with van der Waals surface area (Å²) in [6.07, 6.45) is 1.87. The fourth-order valence-electron chi connectivity index (χ4n) is 2.29. The summed E-state index contributed by atoms with van der Waals surface area (Å²) in [5.74, 6) is 2.23. The highest BCUT2D eigenvalue weighted by Crippen LogP contribution is 2.35. The van der Waals surface area contributed by atoms with Gasteiger partial charge in [0.2, 0.25) is 18.5 Å². The SMILES string of the molecule is O=C(NCCc1nc(-c2ccc3c(c2)OCO3)no1)c1ccco1. The van der Waals surface area contributed by atoms with E-state index >= 15 is 0 Å². The molecule has 1 aliphatic rings. The molecule has 3 aromatic rings. The lowest BCUT2D eigenvalue weighted by molar-refractivity contribution is 0.0925. The van der Waals surface area contributed by atoms with Crippen LogP contribution in [0.15, 0.2) is 45.5 Å². The monoisotopic (exact) mass is 327 g/mol. The molecule has 0 atom stereocenters. The second-order valence-corrected chi connectivity index (χ2v) is 5.06. The Balaban J connectivity index is 1.37. The van der Waals surface area contributed by atoms with Gasteiger partial charge in [-0.1, -0.05) is 5.16 Å². The molecule has 0 saturated carbocycles. The predicted molar refractivity (Wildman–Crippen MR) is 80.6 cm³/mol. The van der Waals surface area contributed by atoms with Crippen LogP contribution in [-0.4, -0.2) is 29.4 Å². The van der Waals surface area contributed by atoms with E-state index in [-0.39, 0.29) is 18.5 Å². The molecular weight excluding hydrogens is 314 g/mol. The first-order valence-electron chi connectivity index (χ1n) is 7.34.